The molecule has 1 fully saturated rings. The molecule has 0 unspecified atom stereocenters. The van der Waals surface area contributed by atoms with Crippen LogP contribution in [0.5, 0.6) is 0 Å². The maximum atomic E-state index is 11.3. The van der Waals surface area contributed by atoms with E-state index in [0.29, 0.717) is 11.7 Å². The molecule has 1 aromatic carbocycles. The van der Waals surface area contributed by atoms with Crippen molar-refractivity contribution in [3.63, 3.8) is 0 Å². The second-order valence-corrected chi connectivity index (χ2v) is 7.09. The molecule has 0 atom stereocenters. The van der Waals surface area contributed by atoms with Crippen LogP contribution in [0.1, 0.15) is 31.2 Å². The number of amides is 1. The predicted molar refractivity (Wildman–Crippen MR) is 98.3 cm³/mol. The summed E-state index contributed by atoms with van der Waals surface area (Å²) in [5, 5.41) is 14.7. The van der Waals surface area contributed by atoms with Gasteiger partial charge in [-0.05, 0) is 37.3 Å². The summed E-state index contributed by atoms with van der Waals surface area (Å²) >= 11 is 1.38. The van der Waals surface area contributed by atoms with Gasteiger partial charge in [-0.2, -0.15) is 0 Å². The zero-order valence-corrected chi connectivity index (χ0v) is 14.8. The van der Waals surface area contributed by atoms with Crippen LogP contribution < -0.4 is 11.1 Å². The van der Waals surface area contributed by atoms with E-state index < -0.39 is 0 Å². The van der Waals surface area contributed by atoms with Crippen molar-refractivity contribution in [3.8, 4) is 11.3 Å². The van der Waals surface area contributed by atoms with Crippen LogP contribution in [-0.2, 0) is 16.1 Å². The van der Waals surface area contributed by atoms with Crippen molar-refractivity contribution in [3.05, 3.63) is 35.2 Å². The first-order chi connectivity index (χ1) is 12.1. The fraction of sp³-hybridized carbons (Fsp3) is 0.444. The van der Waals surface area contributed by atoms with Crippen LogP contribution in [0, 0.1) is 0 Å². The second kappa shape index (κ2) is 8.53. The molecule has 1 aliphatic rings. The van der Waals surface area contributed by atoms with Crippen molar-refractivity contribution in [1.82, 2.24) is 4.98 Å². The minimum absolute atomic E-state index is 0.0556. The Hall–Kier alpha value is -1.80. The van der Waals surface area contributed by atoms with Gasteiger partial charge in [0.25, 0.3) is 0 Å². The summed E-state index contributed by atoms with van der Waals surface area (Å²) in [7, 11) is 0. The molecule has 134 valence electrons. The highest BCUT2D eigenvalue weighted by Gasteiger charge is 2.19. The highest BCUT2D eigenvalue weighted by atomic mass is 32.1. The molecule has 1 heterocycles. The number of carbonyl (C=O) groups is 1. The number of aromatic nitrogens is 1. The SMILES string of the molecule is NCC(=O)Nc1nc(-c2cccc(CO[C@H]3CC[C@H](O)CC3)c2)cs1. The van der Waals surface area contributed by atoms with E-state index in [0.717, 1.165) is 42.5 Å². The molecule has 1 saturated carbocycles. The van der Waals surface area contributed by atoms with Gasteiger partial charge in [0.05, 0.1) is 31.1 Å². The summed E-state index contributed by atoms with van der Waals surface area (Å²) in [4.78, 5) is 15.8. The van der Waals surface area contributed by atoms with Crippen molar-refractivity contribution in [1.29, 1.82) is 0 Å². The zero-order valence-electron chi connectivity index (χ0n) is 14.0. The second-order valence-electron chi connectivity index (χ2n) is 6.23. The van der Waals surface area contributed by atoms with Crippen molar-refractivity contribution in [2.24, 2.45) is 5.73 Å². The Kier molecular flexibility index (Phi) is 6.14. The lowest BCUT2D eigenvalue weighted by Crippen LogP contribution is -2.24. The Morgan fingerprint density at radius 2 is 2.16 bits per heavy atom. The highest BCUT2D eigenvalue weighted by molar-refractivity contribution is 7.14. The van der Waals surface area contributed by atoms with E-state index in [-0.39, 0.29) is 24.7 Å². The van der Waals surface area contributed by atoms with Crippen molar-refractivity contribution >= 4 is 22.4 Å². The number of hydrogen-bond acceptors (Lipinski definition) is 6. The molecular weight excluding hydrogens is 338 g/mol. The third-order valence-corrected chi connectivity index (χ3v) is 5.05. The maximum absolute atomic E-state index is 11.3. The van der Waals surface area contributed by atoms with Gasteiger partial charge in [-0.3, -0.25) is 4.79 Å². The molecule has 25 heavy (non-hydrogen) atoms. The molecule has 2 aromatic rings. The van der Waals surface area contributed by atoms with E-state index in [9.17, 15) is 9.90 Å². The summed E-state index contributed by atoms with van der Waals surface area (Å²) in [6, 6.07) is 8.06. The van der Waals surface area contributed by atoms with Crippen LogP contribution in [0.15, 0.2) is 29.6 Å². The van der Waals surface area contributed by atoms with Crippen LogP contribution >= 0.6 is 11.3 Å². The van der Waals surface area contributed by atoms with Gasteiger partial charge in [-0.1, -0.05) is 18.2 Å². The van der Waals surface area contributed by atoms with Crippen LogP contribution in [-0.4, -0.2) is 34.8 Å². The number of ether oxygens (including phenoxy) is 1. The third-order valence-electron chi connectivity index (χ3n) is 4.29. The topological polar surface area (TPSA) is 97.5 Å². The number of thiazole rings is 1. The summed E-state index contributed by atoms with van der Waals surface area (Å²) in [5.41, 5.74) is 8.19. The van der Waals surface area contributed by atoms with E-state index in [1.54, 1.807) is 0 Å². The Morgan fingerprint density at radius 3 is 2.92 bits per heavy atom. The number of aliphatic hydroxyl groups is 1. The van der Waals surface area contributed by atoms with Crippen molar-refractivity contribution < 1.29 is 14.6 Å². The number of rotatable bonds is 6. The largest absolute Gasteiger partial charge is 0.393 e. The average molecular weight is 361 g/mol. The van der Waals surface area contributed by atoms with E-state index in [2.05, 4.69) is 16.4 Å². The van der Waals surface area contributed by atoms with Gasteiger partial charge in [0.15, 0.2) is 5.13 Å². The number of anilines is 1. The minimum Gasteiger partial charge on any atom is -0.393 e. The third kappa shape index (κ3) is 5.09. The molecular formula is C18H23N3O3S. The first-order valence-corrected chi connectivity index (χ1v) is 9.36. The van der Waals surface area contributed by atoms with Gasteiger partial charge in [0, 0.05) is 10.9 Å². The maximum Gasteiger partial charge on any atom is 0.239 e. The normalized spacial score (nSPS) is 20.4. The molecule has 0 radical (unpaired) electrons. The van der Waals surface area contributed by atoms with Gasteiger partial charge in [0.2, 0.25) is 5.91 Å². The molecule has 0 spiro atoms. The molecule has 7 heteroatoms. The lowest BCUT2D eigenvalue weighted by atomic mass is 9.95. The van der Waals surface area contributed by atoms with Crippen LogP contribution in [0.4, 0.5) is 5.13 Å². The van der Waals surface area contributed by atoms with Gasteiger partial charge in [0.1, 0.15) is 0 Å². The molecule has 1 aromatic heterocycles. The lowest BCUT2D eigenvalue weighted by Gasteiger charge is -2.25. The van der Waals surface area contributed by atoms with Gasteiger partial charge >= 0.3 is 0 Å². The van der Waals surface area contributed by atoms with Gasteiger partial charge in [-0.15, -0.1) is 11.3 Å². The molecule has 4 N–H and O–H groups in total. The zero-order chi connectivity index (χ0) is 17.6. The van der Waals surface area contributed by atoms with E-state index in [1.165, 1.54) is 11.3 Å². The molecule has 3 rings (SSSR count). The minimum atomic E-state index is -0.249. The van der Waals surface area contributed by atoms with Gasteiger partial charge < -0.3 is 20.9 Å². The smallest absolute Gasteiger partial charge is 0.239 e. The fourth-order valence-electron chi connectivity index (χ4n) is 2.88. The Labute approximate surface area is 151 Å². The molecule has 0 saturated heterocycles. The number of nitrogens with zero attached hydrogens (tertiary/aromatic N) is 1. The van der Waals surface area contributed by atoms with Crippen molar-refractivity contribution in [2.75, 3.05) is 11.9 Å². The fourth-order valence-corrected chi connectivity index (χ4v) is 3.62. The average Bonchev–Trinajstić information content (AvgIpc) is 3.10. The number of aliphatic hydroxyl groups excluding tert-OH is 1. The number of carbonyl (C=O) groups excluding carboxylic acids is 1. The van der Waals surface area contributed by atoms with Crippen LogP contribution in [0.25, 0.3) is 11.3 Å². The first kappa shape index (κ1) is 18.0. The highest BCUT2D eigenvalue weighted by Crippen LogP contribution is 2.26. The van der Waals surface area contributed by atoms with Crippen molar-refractivity contribution in [2.45, 2.75) is 44.5 Å². The van der Waals surface area contributed by atoms with Crippen LogP contribution in [0.2, 0.25) is 0 Å². The molecule has 6 nitrogen and oxygen atoms in total. The van der Waals surface area contributed by atoms with E-state index >= 15 is 0 Å². The Morgan fingerprint density at radius 1 is 1.36 bits per heavy atom. The van der Waals surface area contributed by atoms with Crippen LogP contribution in [0.3, 0.4) is 0 Å². The summed E-state index contributed by atoms with van der Waals surface area (Å²) < 4.78 is 5.98. The van der Waals surface area contributed by atoms with E-state index in [4.69, 9.17) is 10.5 Å². The monoisotopic (exact) mass is 361 g/mol. The molecule has 1 aliphatic carbocycles. The molecule has 1 amide bonds. The summed E-state index contributed by atoms with van der Waals surface area (Å²) in [5.74, 6) is -0.249. The number of nitrogens with two attached hydrogens (primary N) is 1. The summed E-state index contributed by atoms with van der Waals surface area (Å²) in [6.45, 7) is 0.495. The number of benzene rings is 1. The number of nitrogens with one attached hydrogen (secondary N) is 1. The molecule has 0 bridgehead atoms. The Bertz CT molecular complexity index is 711. The predicted octanol–water partition coefficient (Wildman–Crippen LogP) is 2.53. The standard InChI is InChI=1S/C18H23N3O3S/c19-9-17(23)21-18-20-16(11-25-18)13-3-1-2-12(8-13)10-24-15-6-4-14(22)5-7-15/h1-3,8,11,14-15,22H,4-7,9-10,19H2,(H,20,21,23)/t14-,15-. The summed E-state index contributed by atoms with van der Waals surface area (Å²) in [6.07, 6.45) is 3.53. The lowest BCUT2D eigenvalue weighted by molar-refractivity contribution is -0.114. The number of hydrogen-bond donors (Lipinski definition) is 3. The molecule has 0 aliphatic heterocycles. The van der Waals surface area contributed by atoms with Gasteiger partial charge in [-0.25, -0.2) is 4.98 Å². The van der Waals surface area contributed by atoms with E-state index in [1.807, 2.05) is 23.6 Å². The first-order valence-electron chi connectivity index (χ1n) is 8.48. The quantitative estimate of drug-likeness (QED) is 0.734. The Balaban J connectivity index is 1.60.